The average Bonchev–Trinajstić information content (AvgIpc) is 3.02. The summed E-state index contributed by atoms with van der Waals surface area (Å²) in [5, 5.41) is 0. The summed E-state index contributed by atoms with van der Waals surface area (Å²) in [5.41, 5.74) is 2.45. The predicted octanol–water partition coefficient (Wildman–Crippen LogP) is 3.27. The molecule has 0 unspecified atom stereocenters. The van der Waals surface area contributed by atoms with Gasteiger partial charge >= 0.3 is 0 Å². The fourth-order valence-corrected chi connectivity index (χ4v) is 4.28. The number of carbonyl (C=O) groups excluding carboxylic acids is 1. The Kier molecular flexibility index (Phi) is 5.80. The molecular weight excluding hydrogens is 312 g/mol. The van der Waals surface area contributed by atoms with E-state index in [9.17, 15) is 4.79 Å². The van der Waals surface area contributed by atoms with E-state index in [0.29, 0.717) is 11.8 Å². The Labute approximate surface area is 152 Å². The molecule has 3 rings (SSSR count). The van der Waals surface area contributed by atoms with Gasteiger partial charge in [-0.05, 0) is 42.9 Å². The molecule has 138 valence electrons. The topological polar surface area (TPSA) is 32.8 Å². The summed E-state index contributed by atoms with van der Waals surface area (Å²) >= 11 is 0. The molecule has 2 fully saturated rings. The predicted molar refractivity (Wildman–Crippen MR) is 101 cm³/mol. The molecule has 0 bridgehead atoms. The number of benzene rings is 1. The van der Waals surface area contributed by atoms with E-state index in [1.807, 2.05) is 0 Å². The van der Waals surface area contributed by atoms with Crippen molar-refractivity contribution in [1.82, 2.24) is 9.80 Å². The number of rotatable bonds is 6. The van der Waals surface area contributed by atoms with Gasteiger partial charge in [0.15, 0.2) is 0 Å². The van der Waals surface area contributed by atoms with Gasteiger partial charge in [0.25, 0.3) is 0 Å². The molecule has 2 saturated heterocycles. The Morgan fingerprint density at radius 3 is 2.60 bits per heavy atom. The minimum atomic E-state index is -0.149. The van der Waals surface area contributed by atoms with Crippen molar-refractivity contribution in [2.45, 2.75) is 45.6 Å². The highest BCUT2D eigenvalue weighted by Gasteiger charge is 2.47. The van der Waals surface area contributed by atoms with Crippen LogP contribution in [-0.4, -0.2) is 55.6 Å². The van der Waals surface area contributed by atoms with Crippen molar-refractivity contribution < 1.29 is 9.53 Å². The lowest BCUT2D eigenvalue weighted by molar-refractivity contribution is -0.146. The maximum Gasteiger partial charge on any atom is 0.230 e. The number of ether oxygens (including phenoxy) is 1. The van der Waals surface area contributed by atoms with Crippen LogP contribution in [0.3, 0.4) is 0 Å². The fourth-order valence-electron chi connectivity index (χ4n) is 4.28. The number of amides is 1. The molecule has 1 aromatic carbocycles. The van der Waals surface area contributed by atoms with Crippen molar-refractivity contribution in [3.05, 3.63) is 35.4 Å². The third-order valence-electron chi connectivity index (χ3n) is 5.89. The highest BCUT2D eigenvalue weighted by atomic mass is 16.5. The first-order valence-corrected chi connectivity index (χ1v) is 9.63. The molecule has 2 heterocycles. The molecule has 2 aliphatic heterocycles. The molecule has 4 heteroatoms. The number of piperidine rings is 1. The van der Waals surface area contributed by atoms with Crippen molar-refractivity contribution in [2.75, 3.05) is 39.9 Å². The van der Waals surface area contributed by atoms with Crippen LogP contribution in [0.25, 0.3) is 0 Å². The van der Waals surface area contributed by atoms with E-state index in [1.54, 1.807) is 7.11 Å². The van der Waals surface area contributed by atoms with Gasteiger partial charge in [0, 0.05) is 33.3 Å². The van der Waals surface area contributed by atoms with Crippen molar-refractivity contribution in [2.24, 2.45) is 5.41 Å². The van der Waals surface area contributed by atoms with Crippen molar-refractivity contribution in [1.29, 1.82) is 0 Å². The SMILES string of the molecule is COCCN1CC[C@@]2(CCCN(Cc3ccc(C(C)C)cc3)C2=O)C1. The summed E-state index contributed by atoms with van der Waals surface area (Å²) in [6.07, 6.45) is 3.16. The normalized spacial score (nSPS) is 24.6. The van der Waals surface area contributed by atoms with Crippen LogP contribution in [0.15, 0.2) is 24.3 Å². The number of carbonyl (C=O) groups is 1. The van der Waals surface area contributed by atoms with E-state index in [2.05, 4.69) is 47.9 Å². The summed E-state index contributed by atoms with van der Waals surface area (Å²) in [5.74, 6) is 0.914. The maximum absolute atomic E-state index is 13.2. The number of nitrogens with zero attached hydrogens (tertiary/aromatic N) is 2. The first kappa shape index (κ1) is 18.4. The Morgan fingerprint density at radius 1 is 1.16 bits per heavy atom. The lowest BCUT2D eigenvalue weighted by Gasteiger charge is -2.39. The second kappa shape index (κ2) is 7.88. The smallest absolute Gasteiger partial charge is 0.230 e. The van der Waals surface area contributed by atoms with Crippen LogP contribution in [0.2, 0.25) is 0 Å². The molecule has 2 aliphatic rings. The van der Waals surface area contributed by atoms with Crippen LogP contribution >= 0.6 is 0 Å². The molecule has 1 amide bonds. The van der Waals surface area contributed by atoms with E-state index in [1.165, 1.54) is 11.1 Å². The average molecular weight is 344 g/mol. The minimum Gasteiger partial charge on any atom is -0.383 e. The molecule has 25 heavy (non-hydrogen) atoms. The molecule has 0 aliphatic carbocycles. The lowest BCUT2D eigenvalue weighted by Crippen LogP contribution is -2.49. The van der Waals surface area contributed by atoms with Crippen LogP contribution in [0.5, 0.6) is 0 Å². The summed E-state index contributed by atoms with van der Waals surface area (Å²) in [4.78, 5) is 17.7. The summed E-state index contributed by atoms with van der Waals surface area (Å²) in [6, 6.07) is 8.77. The number of hydrogen-bond donors (Lipinski definition) is 0. The maximum atomic E-state index is 13.2. The van der Waals surface area contributed by atoms with Gasteiger partial charge in [-0.15, -0.1) is 0 Å². The van der Waals surface area contributed by atoms with E-state index in [4.69, 9.17) is 4.74 Å². The zero-order valence-corrected chi connectivity index (χ0v) is 16.0. The van der Waals surface area contributed by atoms with Crippen molar-refractivity contribution in [3.63, 3.8) is 0 Å². The van der Waals surface area contributed by atoms with E-state index >= 15 is 0 Å². The quantitative estimate of drug-likeness (QED) is 0.794. The van der Waals surface area contributed by atoms with Gasteiger partial charge in [-0.1, -0.05) is 38.1 Å². The fraction of sp³-hybridized carbons (Fsp3) is 0.667. The molecule has 0 N–H and O–H groups in total. The number of methoxy groups -OCH3 is 1. The zero-order valence-electron chi connectivity index (χ0n) is 16.0. The van der Waals surface area contributed by atoms with Crippen LogP contribution in [0.1, 0.15) is 50.2 Å². The lowest BCUT2D eigenvalue weighted by atomic mass is 9.78. The molecule has 1 aromatic rings. The van der Waals surface area contributed by atoms with Crippen LogP contribution < -0.4 is 0 Å². The second-order valence-corrected chi connectivity index (χ2v) is 8.03. The van der Waals surface area contributed by atoms with Gasteiger partial charge in [0.2, 0.25) is 5.91 Å². The molecule has 0 aromatic heterocycles. The van der Waals surface area contributed by atoms with Gasteiger partial charge in [0.1, 0.15) is 0 Å². The highest BCUT2D eigenvalue weighted by Crippen LogP contribution is 2.40. The largest absolute Gasteiger partial charge is 0.383 e. The number of hydrogen-bond acceptors (Lipinski definition) is 3. The Balaban J connectivity index is 1.64. The monoisotopic (exact) mass is 344 g/mol. The van der Waals surface area contributed by atoms with Crippen molar-refractivity contribution >= 4 is 5.91 Å². The molecule has 0 radical (unpaired) electrons. The van der Waals surface area contributed by atoms with Gasteiger partial charge in [-0.25, -0.2) is 0 Å². The van der Waals surface area contributed by atoms with Gasteiger partial charge in [-0.3, -0.25) is 9.69 Å². The Hall–Kier alpha value is -1.39. The Bertz CT molecular complexity index is 584. The second-order valence-electron chi connectivity index (χ2n) is 8.03. The molecule has 4 nitrogen and oxygen atoms in total. The van der Waals surface area contributed by atoms with Crippen LogP contribution in [-0.2, 0) is 16.1 Å². The molecule has 0 saturated carbocycles. The summed E-state index contributed by atoms with van der Waals surface area (Å²) < 4.78 is 5.20. The van der Waals surface area contributed by atoms with E-state index < -0.39 is 0 Å². The third kappa shape index (κ3) is 4.06. The summed E-state index contributed by atoms with van der Waals surface area (Å²) in [7, 11) is 1.74. The molecule has 1 atom stereocenters. The zero-order chi connectivity index (χ0) is 17.9. The first-order valence-electron chi connectivity index (χ1n) is 9.63. The number of likely N-dealkylation sites (tertiary alicyclic amines) is 2. The van der Waals surface area contributed by atoms with Gasteiger partial charge in [-0.2, -0.15) is 0 Å². The van der Waals surface area contributed by atoms with E-state index in [-0.39, 0.29) is 5.41 Å². The third-order valence-corrected chi connectivity index (χ3v) is 5.89. The highest BCUT2D eigenvalue weighted by molar-refractivity contribution is 5.84. The van der Waals surface area contributed by atoms with E-state index in [0.717, 1.165) is 58.6 Å². The van der Waals surface area contributed by atoms with Gasteiger partial charge < -0.3 is 9.64 Å². The minimum absolute atomic E-state index is 0.149. The van der Waals surface area contributed by atoms with Crippen LogP contribution in [0.4, 0.5) is 0 Å². The first-order chi connectivity index (χ1) is 12.0. The van der Waals surface area contributed by atoms with Crippen molar-refractivity contribution in [3.8, 4) is 0 Å². The molecular formula is C21H32N2O2. The summed E-state index contributed by atoms with van der Waals surface area (Å²) in [6.45, 7) is 9.66. The standard InChI is InChI=1S/C21H32N2O2/c1-17(2)19-7-5-18(6-8-19)15-23-11-4-9-21(20(23)24)10-12-22(16-21)13-14-25-3/h5-8,17H,4,9-16H2,1-3H3/t21-/m0/s1. The Morgan fingerprint density at radius 2 is 1.92 bits per heavy atom. The van der Waals surface area contributed by atoms with Gasteiger partial charge in [0.05, 0.1) is 12.0 Å². The van der Waals surface area contributed by atoms with Crippen LogP contribution in [0, 0.1) is 5.41 Å². The molecule has 1 spiro atoms.